The summed E-state index contributed by atoms with van der Waals surface area (Å²) in [6.07, 6.45) is 1.02. The summed E-state index contributed by atoms with van der Waals surface area (Å²) in [6, 6.07) is 16.1. The van der Waals surface area contributed by atoms with Crippen LogP contribution in [0, 0.1) is 5.92 Å². The van der Waals surface area contributed by atoms with Crippen molar-refractivity contribution in [3.8, 4) is 5.75 Å². The van der Waals surface area contributed by atoms with Gasteiger partial charge >= 0.3 is 0 Å². The minimum absolute atomic E-state index is 0.0199. The summed E-state index contributed by atoms with van der Waals surface area (Å²) >= 11 is 0. The molecule has 8 heteroatoms. The van der Waals surface area contributed by atoms with Gasteiger partial charge in [0.05, 0.1) is 11.5 Å². The molecule has 1 saturated heterocycles. The molecule has 0 spiro atoms. The van der Waals surface area contributed by atoms with Crippen LogP contribution in [-0.4, -0.2) is 52.0 Å². The van der Waals surface area contributed by atoms with E-state index < -0.39 is 10.0 Å². The maximum atomic E-state index is 12.9. The van der Waals surface area contributed by atoms with Crippen LogP contribution in [0.2, 0.25) is 0 Å². The van der Waals surface area contributed by atoms with Gasteiger partial charge in [-0.3, -0.25) is 4.79 Å². The van der Waals surface area contributed by atoms with Gasteiger partial charge in [0, 0.05) is 32.7 Å². The summed E-state index contributed by atoms with van der Waals surface area (Å²) < 4.78 is 37.7. The standard InChI is InChI=1S/C22H28N2O5S/c1-28-15-16-29-20-7-9-21(10-8-20)30(26,27)24-13-11-19(12-14-24)22(25)23-17-18-5-3-2-4-6-18/h2-10,19H,11-17H2,1H3,(H,23,25). The van der Waals surface area contributed by atoms with Gasteiger partial charge in [0.1, 0.15) is 12.4 Å². The number of sulfonamides is 1. The quantitative estimate of drug-likeness (QED) is 0.615. The van der Waals surface area contributed by atoms with Crippen LogP contribution in [0.25, 0.3) is 0 Å². The van der Waals surface area contributed by atoms with E-state index in [1.54, 1.807) is 31.4 Å². The van der Waals surface area contributed by atoms with Crippen molar-refractivity contribution < 1.29 is 22.7 Å². The summed E-state index contributed by atoms with van der Waals surface area (Å²) in [5, 5.41) is 2.95. The zero-order valence-electron chi connectivity index (χ0n) is 17.1. The molecule has 0 atom stereocenters. The Morgan fingerprint density at radius 2 is 1.70 bits per heavy atom. The lowest BCUT2D eigenvalue weighted by molar-refractivity contribution is -0.126. The fourth-order valence-electron chi connectivity index (χ4n) is 3.39. The van der Waals surface area contributed by atoms with Crippen molar-refractivity contribution in [1.29, 1.82) is 0 Å². The molecule has 0 bridgehead atoms. The lowest BCUT2D eigenvalue weighted by atomic mass is 9.97. The third-order valence-electron chi connectivity index (χ3n) is 5.15. The van der Waals surface area contributed by atoms with E-state index in [0.717, 1.165) is 5.56 Å². The first-order valence-corrected chi connectivity index (χ1v) is 11.5. The average molecular weight is 433 g/mol. The number of piperidine rings is 1. The van der Waals surface area contributed by atoms with E-state index in [0.29, 0.717) is 51.4 Å². The number of carbonyl (C=O) groups is 1. The molecule has 1 N–H and O–H groups in total. The Kier molecular flexibility index (Phi) is 7.84. The van der Waals surface area contributed by atoms with E-state index in [-0.39, 0.29) is 16.7 Å². The van der Waals surface area contributed by atoms with Crippen molar-refractivity contribution in [2.45, 2.75) is 24.3 Å². The molecule has 1 fully saturated rings. The van der Waals surface area contributed by atoms with E-state index in [1.807, 2.05) is 30.3 Å². The topological polar surface area (TPSA) is 84.9 Å². The Hall–Kier alpha value is -2.42. The molecule has 0 saturated carbocycles. The average Bonchev–Trinajstić information content (AvgIpc) is 2.79. The molecule has 2 aromatic carbocycles. The predicted molar refractivity (Wildman–Crippen MR) is 114 cm³/mol. The molecule has 0 aliphatic carbocycles. The molecule has 0 aromatic heterocycles. The first-order chi connectivity index (χ1) is 14.5. The number of benzene rings is 2. The van der Waals surface area contributed by atoms with Gasteiger partial charge in [-0.25, -0.2) is 8.42 Å². The Morgan fingerprint density at radius 1 is 1.03 bits per heavy atom. The van der Waals surface area contributed by atoms with Gasteiger partial charge in [-0.05, 0) is 42.7 Å². The lowest BCUT2D eigenvalue weighted by Gasteiger charge is -2.30. The van der Waals surface area contributed by atoms with Crippen LogP contribution in [0.1, 0.15) is 18.4 Å². The summed E-state index contributed by atoms with van der Waals surface area (Å²) in [5.74, 6) is 0.407. The highest BCUT2D eigenvalue weighted by atomic mass is 32.2. The lowest BCUT2D eigenvalue weighted by Crippen LogP contribution is -2.42. The summed E-state index contributed by atoms with van der Waals surface area (Å²) in [4.78, 5) is 12.7. The number of methoxy groups -OCH3 is 1. The van der Waals surface area contributed by atoms with Crippen LogP contribution < -0.4 is 10.1 Å². The Bertz CT molecular complexity index is 908. The first-order valence-electron chi connectivity index (χ1n) is 10.0. The Morgan fingerprint density at radius 3 is 2.33 bits per heavy atom. The third kappa shape index (κ3) is 5.81. The molecule has 0 radical (unpaired) electrons. The van der Waals surface area contributed by atoms with E-state index in [9.17, 15) is 13.2 Å². The van der Waals surface area contributed by atoms with Gasteiger partial charge < -0.3 is 14.8 Å². The fourth-order valence-corrected chi connectivity index (χ4v) is 4.86. The summed E-state index contributed by atoms with van der Waals surface area (Å²) in [7, 11) is -1.99. The molecule has 1 aliphatic heterocycles. The first kappa shape index (κ1) is 22.3. The molecule has 2 aromatic rings. The maximum Gasteiger partial charge on any atom is 0.243 e. The molecule has 30 heavy (non-hydrogen) atoms. The van der Waals surface area contributed by atoms with Gasteiger partial charge in [-0.1, -0.05) is 30.3 Å². The highest BCUT2D eigenvalue weighted by Gasteiger charge is 2.32. The zero-order chi connectivity index (χ0) is 21.4. The molecular weight excluding hydrogens is 404 g/mol. The van der Waals surface area contributed by atoms with Gasteiger partial charge in [0.25, 0.3) is 0 Å². The Labute approximate surface area is 178 Å². The van der Waals surface area contributed by atoms with Gasteiger partial charge in [0.2, 0.25) is 15.9 Å². The van der Waals surface area contributed by atoms with E-state index in [4.69, 9.17) is 9.47 Å². The largest absolute Gasteiger partial charge is 0.491 e. The van der Waals surface area contributed by atoms with Crippen LogP contribution in [-0.2, 0) is 26.1 Å². The minimum atomic E-state index is -3.59. The highest BCUT2D eigenvalue weighted by Crippen LogP contribution is 2.25. The van der Waals surface area contributed by atoms with Gasteiger partial charge in [-0.2, -0.15) is 4.31 Å². The molecule has 1 aliphatic rings. The van der Waals surface area contributed by atoms with E-state index >= 15 is 0 Å². The van der Waals surface area contributed by atoms with Gasteiger partial charge in [0.15, 0.2) is 0 Å². The second-order valence-electron chi connectivity index (χ2n) is 7.19. The van der Waals surface area contributed by atoms with Crippen LogP contribution in [0.3, 0.4) is 0 Å². The monoisotopic (exact) mass is 432 g/mol. The second kappa shape index (κ2) is 10.6. The van der Waals surface area contributed by atoms with E-state index in [1.165, 1.54) is 4.31 Å². The molecule has 3 rings (SSSR count). The second-order valence-corrected chi connectivity index (χ2v) is 9.13. The minimum Gasteiger partial charge on any atom is -0.491 e. The molecular formula is C22H28N2O5S. The molecule has 0 unspecified atom stereocenters. The van der Waals surface area contributed by atoms with Crippen molar-refractivity contribution >= 4 is 15.9 Å². The zero-order valence-corrected chi connectivity index (χ0v) is 17.9. The smallest absolute Gasteiger partial charge is 0.243 e. The number of hydrogen-bond acceptors (Lipinski definition) is 5. The van der Waals surface area contributed by atoms with Crippen molar-refractivity contribution in [2.75, 3.05) is 33.4 Å². The van der Waals surface area contributed by atoms with Crippen LogP contribution >= 0.6 is 0 Å². The number of nitrogens with zero attached hydrogens (tertiary/aromatic N) is 1. The fraction of sp³-hybridized carbons (Fsp3) is 0.409. The highest BCUT2D eigenvalue weighted by molar-refractivity contribution is 7.89. The van der Waals surface area contributed by atoms with Crippen LogP contribution in [0.5, 0.6) is 5.75 Å². The number of rotatable bonds is 9. The molecule has 7 nitrogen and oxygen atoms in total. The molecule has 162 valence electrons. The Balaban J connectivity index is 1.51. The number of amides is 1. The van der Waals surface area contributed by atoms with Crippen molar-refractivity contribution in [3.05, 3.63) is 60.2 Å². The molecule has 1 heterocycles. The normalized spacial score (nSPS) is 15.6. The third-order valence-corrected chi connectivity index (χ3v) is 7.06. The van der Waals surface area contributed by atoms with Crippen molar-refractivity contribution in [2.24, 2.45) is 5.92 Å². The van der Waals surface area contributed by atoms with Crippen molar-refractivity contribution in [3.63, 3.8) is 0 Å². The maximum absolute atomic E-state index is 12.9. The van der Waals surface area contributed by atoms with Gasteiger partial charge in [-0.15, -0.1) is 0 Å². The SMILES string of the molecule is COCCOc1ccc(S(=O)(=O)N2CCC(C(=O)NCc3ccccc3)CC2)cc1. The van der Waals surface area contributed by atoms with E-state index in [2.05, 4.69) is 5.32 Å². The molecule has 1 amide bonds. The number of nitrogens with one attached hydrogen (secondary N) is 1. The van der Waals surface area contributed by atoms with Crippen LogP contribution in [0.15, 0.2) is 59.5 Å². The summed E-state index contributed by atoms with van der Waals surface area (Å²) in [5.41, 5.74) is 1.04. The van der Waals surface area contributed by atoms with Crippen molar-refractivity contribution in [1.82, 2.24) is 9.62 Å². The summed E-state index contributed by atoms with van der Waals surface area (Å²) in [6.45, 7) is 2.02. The number of ether oxygens (including phenoxy) is 2. The number of carbonyl (C=O) groups excluding carboxylic acids is 1. The number of hydrogen-bond donors (Lipinski definition) is 1. The predicted octanol–water partition coefficient (Wildman–Crippen LogP) is 2.43. The van der Waals surface area contributed by atoms with Crippen LogP contribution in [0.4, 0.5) is 0 Å².